The Kier molecular flexibility index (Phi) is 4.05. The Hall–Kier alpha value is -1.51. The first-order chi connectivity index (χ1) is 9.63. The van der Waals surface area contributed by atoms with Crippen molar-refractivity contribution in [3.05, 3.63) is 32.9 Å². The molecule has 0 unspecified atom stereocenters. The lowest BCUT2D eigenvalue weighted by Crippen LogP contribution is -2.46. The van der Waals surface area contributed by atoms with Crippen LogP contribution in [0.4, 0.5) is 5.69 Å². The highest BCUT2D eigenvalue weighted by Gasteiger charge is 2.34. The third-order valence-electron chi connectivity index (χ3n) is 3.75. The monoisotopic (exact) mass is 314 g/mol. The van der Waals surface area contributed by atoms with E-state index < -0.39 is 21.1 Å². The Morgan fingerprint density at radius 2 is 1.86 bits per heavy atom. The van der Waals surface area contributed by atoms with E-state index in [1.165, 1.54) is 13.0 Å². The maximum atomic E-state index is 12.5. The summed E-state index contributed by atoms with van der Waals surface area (Å²) in [7, 11) is -3.84. The van der Waals surface area contributed by atoms with Gasteiger partial charge in [-0.3, -0.25) is 10.1 Å². The summed E-state index contributed by atoms with van der Waals surface area (Å²) in [5, 5.41) is 20.3. The van der Waals surface area contributed by atoms with Crippen molar-refractivity contribution in [2.75, 3.05) is 0 Å². The fraction of sp³-hybridized carbons (Fsp3) is 0.538. The number of hydrogen-bond donors (Lipinski definition) is 2. The second kappa shape index (κ2) is 5.36. The van der Waals surface area contributed by atoms with Crippen LogP contribution in [0.3, 0.4) is 0 Å². The molecular weight excluding hydrogens is 296 g/mol. The minimum atomic E-state index is -3.84. The van der Waals surface area contributed by atoms with Crippen LogP contribution in [0.5, 0.6) is 0 Å². The summed E-state index contributed by atoms with van der Waals surface area (Å²) in [5.74, 6) is 0. The molecule has 7 nitrogen and oxygen atoms in total. The van der Waals surface area contributed by atoms with Gasteiger partial charge in [0.2, 0.25) is 10.0 Å². The zero-order valence-corrected chi connectivity index (χ0v) is 12.9. The molecule has 1 saturated carbocycles. The molecule has 21 heavy (non-hydrogen) atoms. The number of benzene rings is 1. The summed E-state index contributed by atoms with van der Waals surface area (Å²) in [6.45, 7) is 4.65. The van der Waals surface area contributed by atoms with Crippen LogP contribution >= 0.6 is 0 Å². The van der Waals surface area contributed by atoms with E-state index in [0.717, 1.165) is 0 Å². The predicted octanol–water partition coefficient (Wildman–Crippen LogP) is 1.32. The van der Waals surface area contributed by atoms with Gasteiger partial charge in [-0.1, -0.05) is 0 Å². The zero-order valence-electron chi connectivity index (χ0n) is 12.1. The van der Waals surface area contributed by atoms with E-state index in [0.29, 0.717) is 24.0 Å². The van der Waals surface area contributed by atoms with Crippen molar-refractivity contribution in [1.82, 2.24) is 4.72 Å². The Balaban J connectivity index is 2.47. The van der Waals surface area contributed by atoms with Gasteiger partial charge in [0.15, 0.2) is 0 Å². The van der Waals surface area contributed by atoms with Gasteiger partial charge in [-0.05, 0) is 45.2 Å². The van der Waals surface area contributed by atoms with Gasteiger partial charge >= 0.3 is 0 Å². The van der Waals surface area contributed by atoms with E-state index >= 15 is 0 Å². The number of rotatable bonds is 4. The first-order valence-electron chi connectivity index (χ1n) is 6.59. The average molecular weight is 314 g/mol. The summed E-state index contributed by atoms with van der Waals surface area (Å²) < 4.78 is 27.4. The second-order valence-electron chi connectivity index (χ2n) is 5.51. The molecule has 0 bridgehead atoms. The lowest BCUT2D eigenvalue weighted by molar-refractivity contribution is -0.386. The standard InChI is InChI=1S/C13H18N2O5S/c1-7-4-8(2)13(9(3)12(7)15(17)18)21(19,20)14-10-5-11(16)6-10/h4,10-11,14,16H,5-6H2,1-3H3. The molecule has 0 aliphatic heterocycles. The van der Waals surface area contributed by atoms with Crippen LogP contribution in [0.25, 0.3) is 0 Å². The molecule has 1 aliphatic rings. The Morgan fingerprint density at radius 1 is 1.29 bits per heavy atom. The first kappa shape index (κ1) is 15.9. The molecule has 1 aliphatic carbocycles. The van der Waals surface area contributed by atoms with Gasteiger partial charge in [-0.25, -0.2) is 13.1 Å². The smallest absolute Gasteiger partial charge is 0.276 e. The Bertz CT molecular complexity index is 693. The zero-order chi connectivity index (χ0) is 15.9. The van der Waals surface area contributed by atoms with E-state index in [2.05, 4.69) is 4.72 Å². The molecule has 0 spiro atoms. The summed E-state index contributed by atoms with van der Waals surface area (Å²) >= 11 is 0. The highest BCUT2D eigenvalue weighted by atomic mass is 32.2. The minimum absolute atomic E-state index is 0.0406. The van der Waals surface area contributed by atoms with Crippen LogP contribution in [0.1, 0.15) is 29.5 Å². The van der Waals surface area contributed by atoms with Gasteiger partial charge in [-0.15, -0.1) is 0 Å². The average Bonchev–Trinajstić information content (AvgIpc) is 2.23. The molecule has 0 saturated heterocycles. The SMILES string of the molecule is Cc1cc(C)c(S(=O)(=O)NC2CC(O)C2)c(C)c1[N+](=O)[O-]. The third-order valence-corrected chi connectivity index (χ3v) is 5.56. The topological polar surface area (TPSA) is 110 Å². The molecule has 0 atom stereocenters. The number of nitro benzene ring substituents is 1. The number of aryl methyl sites for hydroxylation is 2. The summed E-state index contributed by atoms with van der Waals surface area (Å²) in [4.78, 5) is 10.5. The van der Waals surface area contributed by atoms with Crippen molar-refractivity contribution in [1.29, 1.82) is 0 Å². The van der Waals surface area contributed by atoms with E-state index in [9.17, 15) is 23.6 Å². The van der Waals surface area contributed by atoms with Gasteiger partial charge < -0.3 is 5.11 Å². The van der Waals surface area contributed by atoms with Crippen molar-refractivity contribution in [2.45, 2.75) is 50.7 Å². The molecule has 1 aromatic rings. The van der Waals surface area contributed by atoms with Crippen molar-refractivity contribution < 1.29 is 18.4 Å². The third kappa shape index (κ3) is 2.92. The molecular formula is C13H18N2O5S. The van der Waals surface area contributed by atoms with E-state index in [-0.39, 0.29) is 22.2 Å². The first-order valence-corrected chi connectivity index (χ1v) is 8.07. The van der Waals surface area contributed by atoms with Crippen molar-refractivity contribution in [2.24, 2.45) is 0 Å². The second-order valence-corrected chi connectivity index (χ2v) is 7.16. The number of nitrogens with zero attached hydrogens (tertiary/aromatic N) is 1. The van der Waals surface area contributed by atoms with Crippen molar-refractivity contribution >= 4 is 15.7 Å². The van der Waals surface area contributed by atoms with Crippen LogP contribution < -0.4 is 4.72 Å². The fourth-order valence-electron chi connectivity index (χ4n) is 2.81. The van der Waals surface area contributed by atoms with Crippen LogP contribution in [-0.2, 0) is 10.0 Å². The number of nitrogens with one attached hydrogen (secondary N) is 1. The molecule has 1 aromatic carbocycles. The molecule has 2 rings (SSSR count). The van der Waals surface area contributed by atoms with Crippen LogP contribution in [0.15, 0.2) is 11.0 Å². The summed E-state index contributed by atoms with van der Waals surface area (Å²) in [6, 6.07) is 1.19. The Labute approximate surface area is 123 Å². The lowest BCUT2D eigenvalue weighted by atomic mass is 9.91. The van der Waals surface area contributed by atoms with Gasteiger partial charge in [0.25, 0.3) is 5.69 Å². The molecule has 116 valence electrons. The van der Waals surface area contributed by atoms with Gasteiger partial charge in [0.05, 0.1) is 15.9 Å². The van der Waals surface area contributed by atoms with Gasteiger partial charge in [0.1, 0.15) is 0 Å². The molecule has 2 N–H and O–H groups in total. The fourth-order valence-corrected chi connectivity index (χ4v) is 4.55. The van der Waals surface area contributed by atoms with Crippen molar-refractivity contribution in [3.8, 4) is 0 Å². The molecule has 8 heteroatoms. The lowest BCUT2D eigenvalue weighted by Gasteiger charge is -2.32. The summed E-state index contributed by atoms with van der Waals surface area (Å²) in [6.07, 6.45) is 0.253. The number of aliphatic hydroxyl groups excluding tert-OH is 1. The molecule has 0 aromatic heterocycles. The molecule has 0 heterocycles. The van der Waals surface area contributed by atoms with E-state index in [1.54, 1.807) is 13.8 Å². The molecule has 0 radical (unpaired) electrons. The molecule has 1 fully saturated rings. The quantitative estimate of drug-likeness (QED) is 0.643. The minimum Gasteiger partial charge on any atom is -0.393 e. The van der Waals surface area contributed by atoms with Crippen LogP contribution in [0, 0.1) is 30.9 Å². The van der Waals surface area contributed by atoms with Gasteiger partial charge in [-0.2, -0.15) is 0 Å². The Morgan fingerprint density at radius 3 is 2.33 bits per heavy atom. The predicted molar refractivity (Wildman–Crippen MR) is 76.7 cm³/mol. The summed E-state index contributed by atoms with van der Waals surface area (Å²) in [5.41, 5.74) is 0.885. The van der Waals surface area contributed by atoms with E-state index in [1.807, 2.05) is 0 Å². The maximum Gasteiger partial charge on any atom is 0.276 e. The maximum absolute atomic E-state index is 12.5. The van der Waals surface area contributed by atoms with Crippen LogP contribution in [0.2, 0.25) is 0 Å². The molecule has 0 amide bonds. The number of sulfonamides is 1. The van der Waals surface area contributed by atoms with Crippen LogP contribution in [-0.4, -0.2) is 30.6 Å². The number of aliphatic hydroxyl groups is 1. The normalized spacial score (nSPS) is 21.9. The number of nitro groups is 1. The number of hydrogen-bond acceptors (Lipinski definition) is 5. The van der Waals surface area contributed by atoms with Gasteiger partial charge in [0, 0.05) is 17.2 Å². The van der Waals surface area contributed by atoms with Crippen molar-refractivity contribution in [3.63, 3.8) is 0 Å². The highest BCUT2D eigenvalue weighted by molar-refractivity contribution is 7.89. The largest absolute Gasteiger partial charge is 0.393 e. The van der Waals surface area contributed by atoms with E-state index in [4.69, 9.17) is 0 Å². The highest BCUT2D eigenvalue weighted by Crippen LogP contribution is 2.32.